The lowest BCUT2D eigenvalue weighted by Gasteiger charge is -2.27. The van der Waals surface area contributed by atoms with Crippen molar-refractivity contribution < 1.29 is 4.42 Å². The summed E-state index contributed by atoms with van der Waals surface area (Å²) < 4.78 is 6.38. The maximum absolute atomic E-state index is 6.38. The number of para-hydroxylation sites is 1. The Bertz CT molecular complexity index is 2260. The average molecular weight is 578 g/mol. The van der Waals surface area contributed by atoms with Crippen LogP contribution in [0.4, 0.5) is 17.1 Å². The largest absolute Gasteiger partial charge is 0.456 e. The van der Waals surface area contributed by atoms with Gasteiger partial charge in [-0.05, 0) is 71.0 Å². The standard InChI is InChI=1S/C43H31NO/c1-30-39-17-7-8-20-42(39)45-43(30)36-15-9-16-38(29-36)44(41-19-10-14-35-13-5-6-18-40(35)41)37-27-25-34(26-28-37)33-23-21-32(22-24-33)31-11-3-2-4-12-31/h2-29H,1H3. The molecule has 0 aliphatic carbocycles. The van der Waals surface area contributed by atoms with Gasteiger partial charge in [0.15, 0.2) is 0 Å². The van der Waals surface area contributed by atoms with E-state index in [0.29, 0.717) is 0 Å². The van der Waals surface area contributed by atoms with Crippen molar-refractivity contribution in [3.8, 4) is 33.6 Å². The molecule has 0 fully saturated rings. The van der Waals surface area contributed by atoms with E-state index in [1.54, 1.807) is 0 Å². The SMILES string of the molecule is Cc1c(-c2cccc(N(c3ccc(-c4ccc(-c5ccccc5)cc4)cc3)c3cccc4ccccc34)c2)oc2ccccc12. The van der Waals surface area contributed by atoms with Crippen molar-refractivity contribution >= 4 is 38.8 Å². The van der Waals surface area contributed by atoms with Crippen molar-refractivity contribution in [2.75, 3.05) is 4.90 Å². The number of nitrogens with zero attached hydrogens (tertiary/aromatic N) is 1. The molecule has 45 heavy (non-hydrogen) atoms. The van der Waals surface area contributed by atoms with Crippen LogP contribution in [0.1, 0.15) is 5.56 Å². The highest BCUT2D eigenvalue weighted by Crippen LogP contribution is 2.42. The van der Waals surface area contributed by atoms with Crippen LogP contribution in [0.5, 0.6) is 0 Å². The normalized spacial score (nSPS) is 11.2. The fraction of sp³-hybridized carbons (Fsp3) is 0.0233. The van der Waals surface area contributed by atoms with Crippen molar-refractivity contribution in [3.05, 3.63) is 175 Å². The summed E-state index contributed by atoms with van der Waals surface area (Å²) in [5.41, 5.74) is 11.2. The Morgan fingerprint density at radius 2 is 0.978 bits per heavy atom. The molecule has 8 rings (SSSR count). The van der Waals surface area contributed by atoms with Crippen LogP contribution < -0.4 is 4.90 Å². The highest BCUT2D eigenvalue weighted by Gasteiger charge is 2.18. The van der Waals surface area contributed by atoms with Gasteiger partial charge < -0.3 is 9.32 Å². The molecule has 0 N–H and O–H groups in total. The zero-order valence-electron chi connectivity index (χ0n) is 25.0. The van der Waals surface area contributed by atoms with E-state index in [4.69, 9.17) is 4.42 Å². The van der Waals surface area contributed by atoms with E-state index in [2.05, 4.69) is 170 Å². The van der Waals surface area contributed by atoms with Crippen LogP contribution in [-0.4, -0.2) is 0 Å². The minimum Gasteiger partial charge on any atom is -0.456 e. The predicted molar refractivity (Wildman–Crippen MR) is 189 cm³/mol. The second-order valence-corrected chi connectivity index (χ2v) is 11.4. The maximum Gasteiger partial charge on any atom is 0.138 e. The van der Waals surface area contributed by atoms with Crippen molar-refractivity contribution in [2.24, 2.45) is 0 Å². The van der Waals surface area contributed by atoms with Gasteiger partial charge in [0.25, 0.3) is 0 Å². The fourth-order valence-electron chi connectivity index (χ4n) is 6.36. The second kappa shape index (κ2) is 11.3. The molecular formula is C43H31NO. The third-order valence-corrected chi connectivity index (χ3v) is 8.67. The Morgan fingerprint density at radius 3 is 1.71 bits per heavy atom. The number of hydrogen-bond donors (Lipinski definition) is 0. The van der Waals surface area contributed by atoms with E-state index in [-0.39, 0.29) is 0 Å². The summed E-state index contributed by atoms with van der Waals surface area (Å²) in [5, 5.41) is 3.56. The highest BCUT2D eigenvalue weighted by atomic mass is 16.3. The zero-order valence-corrected chi connectivity index (χ0v) is 25.0. The number of aryl methyl sites for hydroxylation is 1. The third kappa shape index (κ3) is 4.97. The Morgan fingerprint density at radius 1 is 0.422 bits per heavy atom. The highest BCUT2D eigenvalue weighted by molar-refractivity contribution is 5.99. The van der Waals surface area contributed by atoms with Crippen molar-refractivity contribution in [3.63, 3.8) is 0 Å². The van der Waals surface area contributed by atoms with Gasteiger partial charge in [-0.2, -0.15) is 0 Å². The first kappa shape index (κ1) is 26.7. The summed E-state index contributed by atoms with van der Waals surface area (Å²) in [4.78, 5) is 2.35. The van der Waals surface area contributed by atoms with Gasteiger partial charge in [0.2, 0.25) is 0 Å². The van der Waals surface area contributed by atoms with Gasteiger partial charge in [-0.3, -0.25) is 0 Å². The number of fused-ring (bicyclic) bond motifs is 2. The quantitative estimate of drug-likeness (QED) is 0.195. The molecule has 0 saturated heterocycles. The smallest absolute Gasteiger partial charge is 0.138 e. The lowest BCUT2D eigenvalue weighted by atomic mass is 10.00. The monoisotopic (exact) mass is 577 g/mol. The summed E-state index contributed by atoms with van der Waals surface area (Å²) in [5.74, 6) is 0.908. The molecule has 214 valence electrons. The van der Waals surface area contributed by atoms with Crippen LogP contribution in [0.15, 0.2) is 174 Å². The molecule has 0 saturated carbocycles. The van der Waals surface area contributed by atoms with Gasteiger partial charge in [0, 0.05) is 33.3 Å². The van der Waals surface area contributed by atoms with Gasteiger partial charge in [-0.1, -0.05) is 133 Å². The molecule has 0 unspecified atom stereocenters. The Labute approximate surface area is 263 Å². The molecule has 0 bridgehead atoms. The molecule has 0 aliphatic rings. The molecule has 1 heterocycles. The minimum absolute atomic E-state index is 0.908. The van der Waals surface area contributed by atoms with E-state index >= 15 is 0 Å². The molecule has 8 aromatic rings. The van der Waals surface area contributed by atoms with Gasteiger partial charge >= 0.3 is 0 Å². The molecule has 2 heteroatoms. The van der Waals surface area contributed by atoms with Crippen molar-refractivity contribution in [1.29, 1.82) is 0 Å². The summed E-state index contributed by atoms with van der Waals surface area (Å²) in [7, 11) is 0. The van der Waals surface area contributed by atoms with E-state index in [0.717, 1.165) is 44.9 Å². The predicted octanol–water partition coefficient (Wildman–Crippen LogP) is 12.4. The Hall–Kier alpha value is -5.86. The van der Waals surface area contributed by atoms with Crippen LogP contribution >= 0.6 is 0 Å². The minimum atomic E-state index is 0.908. The van der Waals surface area contributed by atoms with Gasteiger partial charge in [-0.15, -0.1) is 0 Å². The molecule has 7 aromatic carbocycles. The number of anilines is 3. The summed E-state index contributed by atoms with van der Waals surface area (Å²) in [6.07, 6.45) is 0. The lowest BCUT2D eigenvalue weighted by molar-refractivity contribution is 0.629. The molecule has 2 nitrogen and oxygen atoms in total. The van der Waals surface area contributed by atoms with Gasteiger partial charge in [0.05, 0.1) is 5.69 Å². The zero-order chi connectivity index (χ0) is 30.2. The summed E-state index contributed by atoms with van der Waals surface area (Å²) in [6, 6.07) is 60.2. The lowest BCUT2D eigenvalue weighted by Crippen LogP contribution is -2.10. The van der Waals surface area contributed by atoms with E-state index in [1.807, 2.05) is 12.1 Å². The number of hydrogen-bond acceptors (Lipinski definition) is 2. The average Bonchev–Trinajstić information content (AvgIpc) is 3.45. The van der Waals surface area contributed by atoms with Crippen molar-refractivity contribution in [1.82, 2.24) is 0 Å². The van der Waals surface area contributed by atoms with Crippen LogP contribution in [0.3, 0.4) is 0 Å². The van der Waals surface area contributed by atoms with E-state index < -0.39 is 0 Å². The topological polar surface area (TPSA) is 16.4 Å². The molecule has 0 amide bonds. The first-order chi connectivity index (χ1) is 22.2. The molecule has 0 radical (unpaired) electrons. The second-order valence-electron chi connectivity index (χ2n) is 11.4. The Kier molecular flexibility index (Phi) is 6.73. The molecule has 1 aromatic heterocycles. The van der Waals surface area contributed by atoms with Crippen LogP contribution in [-0.2, 0) is 0 Å². The molecular weight excluding hydrogens is 546 g/mol. The first-order valence-corrected chi connectivity index (χ1v) is 15.4. The Balaban J connectivity index is 1.22. The van der Waals surface area contributed by atoms with Crippen LogP contribution in [0.25, 0.3) is 55.3 Å². The van der Waals surface area contributed by atoms with Crippen molar-refractivity contribution in [2.45, 2.75) is 6.92 Å². The molecule has 0 spiro atoms. The maximum atomic E-state index is 6.38. The third-order valence-electron chi connectivity index (χ3n) is 8.67. The van der Waals surface area contributed by atoms with E-state index in [9.17, 15) is 0 Å². The number of furan rings is 1. The number of rotatable bonds is 6. The van der Waals surface area contributed by atoms with Gasteiger partial charge in [-0.25, -0.2) is 0 Å². The fourth-order valence-corrected chi connectivity index (χ4v) is 6.36. The van der Waals surface area contributed by atoms with Crippen LogP contribution in [0, 0.1) is 6.92 Å². The van der Waals surface area contributed by atoms with E-state index in [1.165, 1.54) is 33.0 Å². The summed E-state index contributed by atoms with van der Waals surface area (Å²) >= 11 is 0. The number of benzene rings is 7. The molecule has 0 aliphatic heterocycles. The molecule has 0 atom stereocenters. The summed E-state index contributed by atoms with van der Waals surface area (Å²) in [6.45, 7) is 2.14. The van der Waals surface area contributed by atoms with Gasteiger partial charge in [0.1, 0.15) is 11.3 Å². The van der Waals surface area contributed by atoms with Crippen LogP contribution in [0.2, 0.25) is 0 Å². The first-order valence-electron chi connectivity index (χ1n) is 15.4.